The number of amides is 1. The lowest BCUT2D eigenvalue weighted by molar-refractivity contribution is 0.0723. The van der Waals surface area contributed by atoms with Crippen LogP contribution in [0.1, 0.15) is 43.6 Å². The Morgan fingerprint density at radius 1 is 1.26 bits per heavy atom. The second kappa shape index (κ2) is 5.60. The SMILES string of the molecule is CC(C)N1[C@H]2CC[C@H]1CN(C(=O)c1cn3cccnc3n1)CC2. The van der Waals surface area contributed by atoms with Gasteiger partial charge in [-0.3, -0.25) is 14.1 Å². The van der Waals surface area contributed by atoms with Crippen LogP contribution in [0.4, 0.5) is 0 Å². The second-order valence-corrected chi connectivity index (χ2v) is 6.92. The molecule has 0 saturated carbocycles. The molecule has 0 aliphatic carbocycles. The molecule has 23 heavy (non-hydrogen) atoms. The maximum absolute atomic E-state index is 12.9. The van der Waals surface area contributed by atoms with E-state index in [1.165, 1.54) is 12.8 Å². The third-order valence-corrected chi connectivity index (χ3v) is 5.18. The van der Waals surface area contributed by atoms with E-state index in [2.05, 4.69) is 28.7 Å². The zero-order chi connectivity index (χ0) is 16.0. The fraction of sp³-hybridized carbons (Fsp3) is 0.588. The van der Waals surface area contributed by atoms with E-state index in [0.717, 1.165) is 19.5 Å². The van der Waals surface area contributed by atoms with E-state index in [4.69, 9.17) is 0 Å². The van der Waals surface area contributed by atoms with Gasteiger partial charge in [-0.15, -0.1) is 0 Å². The molecule has 1 amide bonds. The predicted molar refractivity (Wildman–Crippen MR) is 87.3 cm³/mol. The van der Waals surface area contributed by atoms with E-state index in [9.17, 15) is 4.79 Å². The summed E-state index contributed by atoms with van der Waals surface area (Å²) in [5, 5.41) is 0. The summed E-state index contributed by atoms with van der Waals surface area (Å²) < 4.78 is 1.80. The van der Waals surface area contributed by atoms with Gasteiger partial charge in [0.05, 0.1) is 0 Å². The van der Waals surface area contributed by atoms with E-state index in [0.29, 0.717) is 29.6 Å². The van der Waals surface area contributed by atoms with Gasteiger partial charge in [0.1, 0.15) is 5.69 Å². The standard InChI is InChI=1S/C17H23N5O/c1-12(2)22-13-4-5-14(22)10-20(9-6-13)16(23)15-11-21-8-3-7-18-17(21)19-15/h3,7-8,11-14H,4-6,9-10H2,1-2H3/t13-,14-/m0/s1. The number of imidazole rings is 1. The van der Waals surface area contributed by atoms with Crippen LogP contribution < -0.4 is 0 Å². The van der Waals surface area contributed by atoms with Gasteiger partial charge in [-0.25, -0.2) is 9.97 Å². The van der Waals surface area contributed by atoms with Crippen LogP contribution in [0.3, 0.4) is 0 Å². The average Bonchev–Trinajstić information content (AvgIpc) is 3.07. The highest BCUT2D eigenvalue weighted by Crippen LogP contribution is 2.32. The van der Waals surface area contributed by atoms with Crippen molar-refractivity contribution in [1.29, 1.82) is 0 Å². The highest BCUT2D eigenvalue weighted by molar-refractivity contribution is 5.92. The van der Waals surface area contributed by atoms with E-state index in [1.54, 1.807) is 16.8 Å². The van der Waals surface area contributed by atoms with Gasteiger partial charge in [-0.1, -0.05) is 0 Å². The van der Waals surface area contributed by atoms with Gasteiger partial charge in [0, 0.05) is 49.8 Å². The molecule has 2 aromatic rings. The van der Waals surface area contributed by atoms with Gasteiger partial charge in [0.15, 0.2) is 0 Å². The molecule has 6 heteroatoms. The first kappa shape index (κ1) is 14.6. The van der Waals surface area contributed by atoms with Gasteiger partial charge >= 0.3 is 0 Å². The molecule has 2 aliphatic rings. The number of rotatable bonds is 2. The quantitative estimate of drug-likeness (QED) is 0.848. The lowest BCUT2D eigenvalue weighted by atomic mass is 10.1. The Labute approximate surface area is 136 Å². The molecule has 2 bridgehead atoms. The third-order valence-electron chi connectivity index (χ3n) is 5.18. The number of carbonyl (C=O) groups is 1. The molecular weight excluding hydrogens is 290 g/mol. The molecule has 2 fully saturated rings. The number of nitrogens with zero attached hydrogens (tertiary/aromatic N) is 5. The lowest BCUT2D eigenvalue weighted by Crippen LogP contribution is -2.44. The van der Waals surface area contributed by atoms with Crippen molar-refractivity contribution in [2.24, 2.45) is 0 Å². The Bertz CT molecular complexity index is 692. The van der Waals surface area contributed by atoms with Crippen LogP contribution in [0.5, 0.6) is 0 Å². The molecule has 4 rings (SSSR count). The van der Waals surface area contributed by atoms with E-state index in [-0.39, 0.29) is 5.91 Å². The monoisotopic (exact) mass is 313 g/mol. The van der Waals surface area contributed by atoms with Crippen molar-refractivity contribution in [3.05, 3.63) is 30.4 Å². The molecule has 122 valence electrons. The number of aromatic nitrogens is 3. The molecule has 2 saturated heterocycles. The van der Waals surface area contributed by atoms with Crippen LogP contribution in [0.15, 0.2) is 24.7 Å². The molecule has 6 nitrogen and oxygen atoms in total. The smallest absolute Gasteiger partial charge is 0.274 e. The summed E-state index contributed by atoms with van der Waals surface area (Å²) in [7, 11) is 0. The maximum Gasteiger partial charge on any atom is 0.274 e. The van der Waals surface area contributed by atoms with Crippen LogP contribution >= 0.6 is 0 Å². The molecule has 2 aromatic heterocycles. The minimum Gasteiger partial charge on any atom is -0.336 e. The minimum atomic E-state index is 0.0340. The predicted octanol–water partition coefficient (Wildman–Crippen LogP) is 1.82. The average molecular weight is 313 g/mol. The first-order valence-corrected chi connectivity index (χ1v) is 8.50. The summed E-state index contributed by atoms with van der Waals surface area (Å²) in [6.45, 7) is 6.16. The second-order valence-electron chi connectivity index (χ2n) is 6.92. The summed E-state index contributed by atoms with van der Waals surface area (Å²) >= 11 is 0. The summed E-state index contributed by atoms with van der Waals surface area (Å²) in [4.78, 5) is 26.1. The topological polar surface area (TPSA) is 53.7 Å². The van der Waals surface area contributed by atoms with Crippen molar-refractivity contribution in [3.8, 4) is 0 Å². The van der Waals surface area contributed by atoms with Crippen molar-refractivity contribution in [3.63, 3.8) is 0 Å². The molecule has 0 radical (unpaired) electrons. The van der Waals surface area contributed by atoms with Crippen LogP contribution in [0, 0.1) is 0 Å². The summed E-state index contributed by atoms with van der Waals surface area (Å²) in [6, 6.07) is 3.50. The molecule has 0 N–H and O–H groups in total. The Kier molecular flexibility index (Phi) is 3.56. The number of likely N-dealkylation sites (tertiary alicyclic amines) is 1. The Hall–Kier alpha value is -1.95. The number of fused-ring (bicyclic) bond motifs is 3. The maximum atomic E-state index is 12.9. The van der Waals surface area contributed by atoms with Gasteiger partial charge in [-0.05, 0) is 39.2 Å². The Morgan fingerprint density at radius 3 is 2.87 bits per heavy atom. The van der Waals surface area contributed by atoms with Gasteiger partial charge < -0.3 is 4.90 Å². The fourth-order valence-corrected chi connectivity index (χ4v) is 4.23. The van der Waals surface area contributed by atoms with E-state index < -0.39 is 0 Å². The summed E-state index contributed by atoms with van der Waals surface area (Å²) in [6.07, 6.45) is 8.88. The Morgan fingerprint density at radius 2 is 2.09 bits per heavy atom. The molecule has 0 spiro atoms. The van der Waals surface area contributed by atoms with Crippen molar-refractivity contribution in [1.82, 2.24) is 24.2 Å². The Balaban J connectivity index is 1.57. The van der Waals surface area contributed by atoms with Crippen LogP contribution in [0.25, 0.3) is 5.78 Å². The van der Waals surface area contributed by atoms with Gasteiger partial charge in [0.2, 0.25) is 5.78 Å². The molecular formula is C17H23N5O. The van der Waals surface area contributed by atoms with E-state index in [1.807, 2.05) is 17.2 Å². The van der Waals surface area contributed by atoms with Crippen LogP contribution in [0.2, 0.25) is 0 Å². The van der Waals surface area contributed by atoms with Crippen LogP contribution in [-0.4, -0.2) is 61.3 Å². The normalized spacial score (nSPS) is 25.3. The fourth-order valence-electron chi connectivity index (χ4n) is 4.23. The molecule has 2 aliphatic heterocycles. The number of carbonyl (C=O) groups excluding carboxylic acids is 1. The first-order valence-electron chi connectivity index (χ1n) is 8.50. The van der Waals surface area contributed by atoms with Gasteiger partial charge in [0.25, 0.3) is 5.91 Å². The third kappa shape index (κ3) is 2.51. The zero-order valence-electron chi connectivity index (χ0n) is 13.7. The highest BCUT2D eigenvalue weighted by atomic mass is 16.2. The van der Waals surface area contributed by atoms with Crippen molar-refractivity contribution < 1.29 is 4.79 Å². The van der Waals surface area contributed by atoms with Crippen LogP contribution in [-0.2, 0) is 0 Å². The van der Waals surface area contributed by atoms with E-state index >= 15 is 0 Å². The molecule has 0 unspecified atom stereocenters. The first-order chi connectivity index (χ1) is 11.1. The largest absolute Gasteiger partial charge is 0.336 e. The van der Waals surface area contributed by atoms with Crippen molar-refractivity contribution in [2.75, 3.05) is 13.1 Å². The molecule has 4 heterocycles. The minimum absolute atomic E-state index is 0.0340. The van der Waals surface area contributed by atoms with Crippen molar-refractivity contribution >= 4 is 11.7 Å². The highest BCUT2D eigenvalue weighted by Gasteiger charge is 2.39. The number of hydrogen-bond donors (Lipinski definition) is 0. The summed E-state index contributed by atoms with van der Waals surface area (Å²) in [5.74, 6) is 0.614. The summed E-state index contributed by atoms with van der Waals surface area (Å²) in [5.41, 5.74) is 0.498. The van der Waals surface area contributed by atoms with Gasteiger partial charge in [-0.2, -0.15) is 0 Å². The molecule has 2 atom stereocenters. The molecule has 0 aromatic carbocycles. The number of hydrogen-bond acceptors (Lipinski definition) is 4. The zero-order valence-corrected chi connectivity index (χ0v) is 13.7. The lowest BCUT2D eigenvalue weighted by Gasteiger charge is -2.32. The van der Waals surface area contributed by atoms with Crippen molar-refractivity contribution in [2.45, 2.75) is 51.2 Å².